The Hall–Kier alpha value is -2.08. The van der Waals surface area contributed by atoms with Crippen LogP contribution in [0.1, 0.15) is 30.1 Å². The van der Waals surface area contributed by atoms with Crippen molar-refractivity contribution in [1.82, 2.24) is 5.32 Å². The van der Waals surface area contributed by atoms with Gasteiger partial charge in [-0.25, -0.2) is 4.79 Å². The molecule has 2 amide bonds. The van der Waals surface area contributed by atoms with E-state index in [2.05, 4.69) is 10.6 Å². The highest BCUT2D eigenvalue weighted by molar-refractivity contribution is 6.33. The summed E-state index contributed by atoms with van der Waals surface area (Å²) < 4.78 is 0. The first-order valence-corrected chi connectivity index (χ1v) is 6.41. The standard InChI is InChI=1S/C13H15ClN2O4/c1-2-3-11(17)15-7-12(18)16-8-4-5-9(13(19)20)10(14)6-8/h4-6H,2-3,7H2,1H3,(H,15,17)(H,16,18)(H,19,20). The van der Waals surface area contributed by atoms with E-state index in [4.69, 9.17) is 16.7 Å². The van der Waals surface area contributed by atoms with Crippen LogP contribution in [0, 0.1) is 0 Å². The molecule has 1 aromatic rings. The largest absolute Gasteiger partial charge is 0.478 e. The van der Waals surface area contributed by atoms with Gasteiger partial charge >= 0.3 is 5.97 Å². The van der Waals surface area contributed by atoms with Gasteiger partial charge in [0, 0.05) is 12.1 Å². The minimum Gasteiger partial charge on any atom is -0.478 e. The first kappa shape index (κ1) is 16.0. The Morgan fingerprint density at radius 2 is 1.95 bits per heavy atom. The van der Waals surface area contributed by atoms with Crippen molar-refractivity contribution in [2.45, 2.75) is 19.8 Å². The fourth-order valence-corrected chi connectivity index (χ4v) is 1.73. The van der Waals surface area contributed by atoms with Gasteiger partial charge < -0.3 is 15.7 Å². The van der Waals surface area contributed by atoms with Crippen molar-refractivity contribution in [2.24, 2.45) is 0 Å². The first-order chi connectivity index (χ1) is 9.43. The third-order valence-corrected chi connectivity index (χ3v) is 2.72. The van der Waals surface area contributed by atoms with E-state index in [1.807, 2.05) is 6.92 Å². The van der Waals surface area contributed by atoms with E-state index in [9.17, 15) is 14.4 Å². The number of carboxylic acid groups (broad SMARTS) is 1. The zero-order valence-corrected chi connectivity index (χ0v) is 11.7. The highest BCUT2D eigenvalue weighted by Crippen LogP contribution is 2.20. The van der Waals surface area contributed by atoms with E-state index >= 15 is 0 Å². The third kappa shape index (κ3) is 4.89. The van der Waals surface area contributed by atoms with Crippen LogP contribution in [0.3, 0.4) is 0 Å². The number of hydrogen-bond acceptors (Lipinski definition) is 3. The van der Waals surface area contributed by atoms with E-state index in [0.29, 0.717) is 18.5 Å². The van der Waals surface area contributed by atoms with Gasteiger partial charge in [-0.3, -0.25) is 9.59 Å². The molecule has 1 aromatic carbocycles. The van der Waals surface area contributed by atoms with Gasteiger partial charge in [-0.05, 0) is 24.6 Å². The molecule has 0 unspecified atom stereocenters. The van der Waals surface area contributed by atoms with Crippen LogP contribution in [-0.2, 0) is 9.59 Å². The summed E-state index contributed by atoms with van der Waals surface area (Å²) in [7, 11) is 0. The molecular weight excluding hydrogens is 284 g/mol. The summed E-state index contributed by atoms with van der Waals surface area (Å²) in [4.78, 5) is 33.5. The Kier molecular flexibility index (Phi) is 5.99. The number of hydrogen-bond donors (Lipinski definition) is 3. The normalized spacial score (nSPS) is 9.90. The molecular formula is C13H15ClN2O4. The van der Waals surface area contributed by atoms with E-state index in [1.165, 1.54) is 18.2 Å². The number of halogens is 1. The molecule has 3 N–H and O–H groups in total. The van der Waals surface area contributed by atoms with Crippen LogP contribution in [0.4, 0.5) is 5.69 Å². The molecule has 0 aromatic heterocycles. The lowest BCUT2D eigenvalue weighted by Gasteiger charge is -2.08. The van der Waals surface area contributed by atoms with Crippen LogP contribution < -0.4 is 10.6 Å². The van der Waals surface area contributed by atoms with Crippen molar-refractivity contribution in [2.75, 3.05) is 11.9 Å². The van der Waals surface area contributed by atoms with Crippen LogP contribution >= 0.6 is 11.6 Å². The quantitative estimate of drug-likeness (QED) is 0.747. The second-order valence-corrected chi connectivity index (χ2v) is 4.48. The highest BCUT2D eigenvalue weighted by Gasteiger charge is 2.10. The molecule has 0 heterocycles. The third-order valence-electron chi connectivity index (χ3n) is 2.41. The van der Waals surface area contributed by atoms with E-state index in [0.717, 1.165) is 0 Å². The average molecular weight is 299 g/mol. The summed E-state index contributed by atoms with van der Waals surface area (Å²) in [6.07, 6.45) is 1.08. The topological polar surface area (TPSA) is 95.5 Å². The average Bonchev–Trinajstić information content (AvgIpc) is 2.36. The summed E-state index contributed by atoms with van der Waals surface area (Å²) in [6, 6.07) is 4.08. The molecule has 0 bridgehead atoms. The Morgan fingerprint density at radius 1 is 1.25 bits per heavy atom. The number of anilines is 1. The zero-order chi connectivity index (χ0) is 15.1. The monoisotopic (exact) mass is 298 g/mol. The van der Waals surface area contributed by atoms with Crippen LogP contribution in [0.5, 0.6) is 0 Å². The molecule has 7 heteroatoms. The van der Waals surface area contributed by atoms with Gasteiger partial charge in [0.05, 0.1) is 17.1 Å². The Balaban J connectivity index is 2.56. The highest BCUT2D eigenvalue weighted by atomic mass is 35.5. The molecule has 20 heavy (non-hydrogen) atoms. The molecule has 1 rings (SSSR count). The predicted molar refractivity (Wildman–Crippen MR) is 75.0 cm³/mol. The van der Waals surface area contributed by atoms with Crippen molar-refractivity contribution in [1.29, 1.82) is 0 Å². The molecule has 0 radical (unpaired) electrons. The van der Waals surface area contributed by atoms with E-state index in [-0.39, 0.29) is 23.0 Å². The SMILES string of the molecule is CCCC(=O)NCC(=O)Nc1ccc(C(=O)O)c(Cl)c1. The zero-order valence-electron chi connectivity index (χ0n) is 10.9. The molecule has 6 nitrogen and oxygen atoms in total. The molecule has 0 saturated heterocycles. The van der Waals surface area contributed by atoms with Crippen LogP contribution in [-0.4, -0.2) is 29.4 Å². The lowest BCUT2D eigenvalue weighted by atomic mass is 10.2. The van der Waals surface area contributed by atoms with Crippen molar-refractivity contribution >= 4 is 35.1 Å². The van der Waals surface area contributed by atoms with Gasteiger partial charge in [0.2, 0.25) is 11.8 Å². The fourth-order valence-electron chi connectivity index (χ4n) is 1.47. The van der Waals surface area contributed by atoms with Crippen LogP contribution in [0.2, 0.25) is 5.02 Å². The number of carbonyl (C=O) groups excluding carboxylic acids is 2. The summed E-state index contributed by atoms with van der Waals surface area (Å²) in [6.45, 7) is 1.72. The Bertz CT molecular complexity index is 531. The summed E-state index contributed by atoms with van der Waals surface area (Å²) in [5, 5.41) is 13.8. The second-order valence-electron chi connectivity index (χ2n) is 4.07. The second kappa shape index (κ2) is 7.49. The smallest absolute Gasteiger partial charge is 0.337 e. The minimum atomic E-state index is -1.14. The minimum absolute atomic E-state index is 0.0327. The molecule has 0 aliphatic carbocycles. The molecule has 0 atom stereocenters. The molecule has 108 valence electrons. The van der Waals surface area contributed by atoms with Gasteiger partial charge in [-0.2, -0.15) is 0 Å². The molecule has 0 spiro atoms. The van der Waals surface area contributed by atoms with E-state index in [1.54, 1.807) is 0 Å². The van der Waals surface area contributed by atoms with Crippen LogP contribution in [0.25, 0.3) is 0 Å². The molecule has 0 fully saturated rings. The Labute approximate surface area is 121 Å². The Morgan fingerprint density at radius 3 is 2.50 bits per heavy atom. The predicted octanol–water partition coefficient (Wildman–Crippen LogP) is 1.89. The van der Waals surface area contributed by atoms with Gasteiger partial charge in [0.15, 0.2) is 0 Å². The van der Waals surface area contributed by atoms with Crippen molar-refractivity contribution < 1.29 is 19.5 Å². The number of aromatic carboxylic acids is 1. The molecule has 0 aliphatic rings. The van der Waals surface area contributed by atoms with Crippen molar-refractivity contribution in [3.8, 4) is 0 Å². The number of carboxylic acids is 1. The number of carbonyl (C=O) groups is 3. The maximum Gasteiger partial charge on any atom is 0.337 e. The van der Waals surface area contributed by atoms with Gasteiger partial charge in [-0.1, -0.05) is 18.5 Å². The number of rotatable bonds is 6. The van der Waals surface area contributed by atoms with Gasteiger partial charge in [0.1, 0.15) is 0 Å². The van der Waals surface area contributed by atoms with Crippen molar-refractivity contribution in [3.05, 3.63) is 28.8 Å². The summed E-state index contributed by atoms with van der Waals surface area (Å²) in [5.74, 6) is -1.74. The molecule has 0 saturated carbocycles. The molecule has 0 aliphatic heterocycles. The number of amides is 2. The van der Waals surface area contributed by atoms with E-state index < -0.39 is 11.9 Å². The lowest BCUT2D eigenvalue weighted by Crippen LogP contribution is -2.32. The van der Waals surface area contributed by atoms with Crippen molar-refractivity contribution in [3.63, 3.8) is 0 Å². The maximum atomic E-state index is 11.6. The number of benzene rings is 1. The summed E-state index contributed by atoms with van der Waals surface area (Å²) in [5.41, 5.74) is 0.329. The van der Waals surface area contributed by atoms with Gasteiger partial charge in [-0.15, -0.1) is 0 Å². The number of nitrogens with one attached hydrogen (secondary N) is 2. The fraction of sp³-hybridized carbons (Fsp3) is 0.308. The first-order valence-electron chi connectivity index (χ1n) is 6.03. The van der Waals surface area contributed by atoms with Crippen LogP contribution in [0.15, 0.2) is 18.2 Å². The maximum absolute atomic E-state index is 11.6. The lowest BCUT2D eigenvalue weighted by molar-refractivity contribution is -0.124. The summed E-state index contributed by atoms with van der Waals surface area (Å²) >= 11 is 5.77. The van der Waals surface area contributed by atoms with Gasteiger partial charge in [0.25, 0.3) is 0 Å².